The van der Waals surface area contributed by atoms with Gasteiger partial charge in [0.15, 0.2) is 0 Å². The smallest absolute Gasteiger partial charge is 0.324 e. The monoisotopic (exact) mass is 236 g/mol. The highest BCUT2D eigenvalue weighted by atomic mass is 31.2. The molecule has 0 bridgehead atoms. The predicted octanol–water partition coefficient (Wildman–Crippen LogP) is 2.48. The van der Waals surface area contributed by atoms with Crippen molar-refractivity contribution in [3.63, 3.8) is 0 Å². The fourth-order valence-electron chi connectivity index (χ4n) is 1.53. The van der Waals surface area contributed by atoms with Gasteiger partial charge in [0.05, 0.1) is 5.66 Å². The number of hydrogen-bond acceptors (Lipinski definition) is 2. The highest BCUT2D eigenvalue weighted by Gasteiger charge is 2.28. The maximum absolute atomic E-state index is 11.1. The molecule has 5 heteroatoms. The molecule has 0 aromatic carbocycles. The predicted molar refractivity (Wildman–Crippen MR) is 59.9 cm³/mol. The molecular weight excluding hydrogens is 215 g/mol. The molecule has 0 rings (SSSR count). The normalized spacial score (nSPS) is 13.9. The van der Waals surface area contributed by atoms with Crippen molar-refractivity contribution in [3.8, 4) is 0 Å². The molecule has 0 aromatic heterocycles. The van der Waals surface area contributed by atoms with Crippen LogP contribution in [0.3, 0.4) is 0 Å². The molecule has 15 heavy (non-hydrogen) atoms. The van der Waals surface area contributed by atoms with E-state index in [2.05, 4.69) is 6.92 Å². The van der Waals surface area contributed by atoms with E-state index in [0.717, 1.165) is 25.7 Å². The van der Waals surface area contributed by atoms with Gasteiger partial charge in [-0.2, -0.15) is 0 Å². The Morgan fingerprint density at radius 3 is 2.27 bits per heavy atom. The number of unbranched alkanes of at least 4 members (excludes halogenated alkanes) is 3. The maximum Gasteiger partial charge on any atom is 0.329 e. The van der Waals surface area contributed by atoms with Gasteiger partial charge < -0.3 is 14.6 Å². The third-order valence-corrected chi connectivity index (χ3v) is 3.78. The van der Waals surface area contributed by atoms with E-state index in [1.807, 2.05) is 0 Å². The van der Waals surface area contributed by atoms with Crippen molar-refractivity contribution in [3.05, 3.63) is 0 Å². The average molecular weight is 236 g/mol. The zero-order chi connectivity index (χ0) is 11.9. The molecule has 0 saturated heterocycles. The molecule has 1 atom stereocenters. The first-order chi connectivity index (χ1) is 6.88. The van der Waals surface area contributed by atoms with Gasteiger partial charge in [-0.3, -0.25) is 4.57 Å². The molecule has 0 aliphatic rings. The van der Waals surface area contributed by atoms with E-state index in [9.17, 15) is 9.36 Å². The lowest BCUT2D eigenvalue weighted by molar-refractivity contribution is -0.117. The van der Waals surface area contributed by atoms with Crippen LogP contribution < -0.4 is 0 Å². The molecule has 90 valence electrons. The quantitative estimate of drug-likeness (QED) is 0.501. The fourth-order valence-corrected chi connectivity index (χ4v) is 2.54. The Bertz CT molecular complexity index is 234. The first kappa shape index (κ1) is 14.8. The van der Waals surface area contributed by atoms with Crippen LogP contribution >= 0.6 is 7.60 Å². The Labute approximate surface area is 91.2 Å². The van der Waals surface area contributed by atoms with Gasteiger partial charge in [0.25, 0.3) is 0 Å². The molecule has 1 unspecified atom stereocenters. The molecule has 0 heterocycles. The summed E-state index contributed by atoms with van der Waals surface area (Å²) in [4.78, 5) is 28.9. The standard InChI is InChI=1S/C10H21O4P/c1-3-4-5-6-7-10(8-9(2)11)15(12,13)14/h10H,3-8H2,1-2H3,(H2,12,13,14). The second kappa shape index (κ2) is 7.15. The first-order valence-corrected chi connectivity index (χ1v) is 7.10. The van der Waals surface area contributed by atoms with Crippen LogP contribution in [0.25, 0.3) is 0 Å². The number of rotatable bonds is 8. The summed E-state index contributed by atoms with van der Waals surface area (Å²) in [5.74, 6) is -0.154. The Kier molecular flexibility index (Phi) is 7.07. The van der Waals surface area contributed by atoms with Gasteiger partial charge in [-0.15, -0.1) is 0 Å². The molecule has 0 fully saturated rings. The Morgan fingerprint density at radius 1 is 1.27 bits per heavy atom. The Morgan fingerprint density at radius 2 is 1.87 bits per heavy atom. The highest BCUT2D eigenvalue weighted by Crippen LogP contribution is 2.45. The van der Waals surface area contributed by atoms with Gasteiger partial charge in [0.2, 0.25) is 0 Å². The van der Waals surface area contributed by atoms with E-state index in [1.54, 1.807) is 0 Å². The van der Waals surface area contributed by atoms with Gasteiger partial charge in [-0.05, 0) is 13.3 Å². The number of carbonyl (C=O) groups excluding carboxylic acids is 1. The van der Waals surface area contributed by atoms with Crippen LogP contribution in [0.4, 0.5) is 0 Å². The van der Waals surface area contributed by atoms with Gasteiger partial charge in [-0.25, -0.2) is 0 Å². The van der Waals surface area contributed by atoms with Gasteiger partial charge in [-0.1, -0.05) is 32.6 Å². The van der Waals surface area contributed by atoms with Crippen LogP contribution in [0.15, 0.2) is 0 Å². The van der Waals surface area contributed by atoms with E-state index >= 15 is 0 Å². The highest BCUT2D eigenvalue weighted by molar-refractivity contribution is 7.52. The van der Waals surface area contributed by atoms with Crippen molar-refractivity contribution in [2.45, 2.75) is 58.0 Å². The van der Waals surface area contributed by atoms with Crippen LogP contribution in [-0.4, -0.2) is 21.2 Å². The molecule has 2 N–H and O–H groups in total. The largest absolute Gasteiger partial charge is 0.329 e. The van der Waals surface area contributed by atoms with Gasteiger partial charge >= 0.3 is 7.60 Å². The minimum Gasteiger partial charge on any atom is -0.324 e. The van der Waals surface area contributed by atoms with Crippen LogP contribution in [0.5, 0.6) is 0 Å². The average Bonchev–Trinajstić information content (AvgIpc) is 2.08. The zero-order valence-electron chi connectivity index (χ0n) is 9.48. The summed E-state index contributed by atoms with van der Waals surface area (Å²) in [5.41, 5.74) is -0.771. The molecule has 0 aromatic rings. The minimum absolute atomic E-state index is 0.00357. The minimum atomic E-state index is -4.10. The van der Waals surface area contributed by atoms with Crippen molar-refractivity contribution in [2.75, 3.05) is 0 Å². The Balaban J connectivity index is 4.03. The molecule has 0 saturated carbocycles. The van der Waals surface area contributed by atoms with E-state index in [1.165, 1.54) is 6.92 Å². The SMILES string of the molecule is CCCCCCC(CC(C)=O)P(=O)(O)O. The summed E-state index contributed by atoms with van der Waals surface area (Å²) in [7, 11) is -4.10. The summed E-state index contributed by atoms with van der Waals surface area (Å²) < 4.78 is 11.1. The molecule has 4 nitrogen and oxygen atoms in total. The summed E-state index contributed by atoms with van der Waals surface area (Å²) in [6.07, 6.45) is 4.38. The third kappa shape index (κ3) is 7.71. The summed E-state index contributed by atoms with van der Waals surface area (Å²) in [5, 5.41) is 0. The second-order valence-electron chi connectivity index (χ2n) is 4.00. The van der Waals surface area contributed by atoms with E-state index in [4.69, 9.17) is 9.79 Å². The van der Waals surface area contributed by atoms with Crippen molar-refractivity contribution in [1.29, 1.82) is 0 Å². The molecule has 0 aliphatic carbocycles. The van der Waals surface area contributed by atoms with Crippen LogP contribution in [0.1, 0.15) is 52.4 Å². The number of hydrogen-bond donors (Lipinski definition) is 2. The zero-order valence-corrected chi connectivity index (χ0v) is 10.4. The molecule has 0 spiro atoms. The summed E-state index contributed by atoms with van der Waals surface area (Å²) >= 11 is 0. The van der Waals surface area contributed by atoms with E-state index < -0.39 is 13.3 Å². The van der Waals surface area contributed by atoms with E-state index in [-0.39, 0.29) is 12.2 Å². The molecule has 0 amide bonds. The Hall–Kier alpha value is -0.180. The lowest BCUT2D eigenvalue weighted by atomic mass is 10.1. The molecular formula is C10H21O4P. The number of Topliss-reactive ketones (excluding diaryl/α,β-unsaturated/α-hetero) is 1. The molecule has 0 radical (unpaired) electrons. The van der Waals surface area contributed by atoms with Crippen LogP contribution in [0.2, 0.25) is 0 Å². The number of ketones is 1. The van der Waals surface area contributed by atoms with Crippen molar-refractivity contribution in [2.24, 2.45) is 0 Å². The molecule has 0 aliphatic heterocycles. The van der Waals surface area contributed by atoms with Crippen LogP contribution in [-0.2, 0) is 9.36 Å². The van der Waals surface area contributed by atoms with E-state index in [0.29, 0.717) is 6.42 Å². The summed E-state index contributed by atoms with van der Waals surface area (Å²) in [6.45, 7) is 3.45. The topological polar surface area (TPSA) is 74.6 Å². The first-order valence-electron chi connectivity index (χ1n) is 5.42. The fraction of sp³-hybridized carbons (Fsp3) is 0.900. The number of carbonyl (C=O) groups is 1. The van der Waals surface area contributed by atoms with Gasteiger partial charge in [0.1, 0.15) is 5.78 Å². The second-order valence-corrected chi connectivity index (χ2v) is 5.91. The lowest BCUT2D eigenvalue weighted by Crippen LogP contribution is -2.12. The van der Waals surface area contributed by atoms with Crippen molar-refractivity contribution < 1.29 is 19.1 Å². The van der Waals surface area contributed by atoms with Gasteiger partial charge in [0, 0.05) is 6.42 Å². The lowest BCUT2D eigenvalue weighted by Gasteiger charge is -2.16. The maximum atomic E-state index is 11.1. The van der Waals surface area contributed by atoms with Crippen molar-refractivity contribution in [1.82, 2.24) is 0 Å². The third-order valence-electron chi connectivity index (χ3n) is 2.39. The van der Waals surface area contributed by atoms with Crippen molar-refractivity contribution >= 4 is 13.4 Å². The van der Waals surface area contributed by atoms with Crippen LogP contribution in [0, 0.1) is 0 Å². The summed E-state index contributed by atoms with van der Waals surface area (Å²) in [6, 6.07) is 0.